The van der Waals surface area contributed by atoms with E-state index in [2.05, 4.69) is 24.4 Å². The number of benzene rings is 1. The van der Waals surface area contributed by atoms with Crippen molar-refractivity contribution in [1.82, 2.24) is 10.2 Å². The lowest BCUT2D eigenvalue weighted by Gasteiger charge is -2.38. The van der Waals surface area contributed by atoms with E-state index < -0.39 is 5.41 Å². The molecule has 2 saturated heterocycles. The van der Waals surface area contributed by atoms with E-state index in [0.29, 0.717) is 25.8 Å². The molecule has 0 spiro atoms. The number of nitrogens with zero attached hydrogens (tertiary/aromatic N) is 1. The van der Waals surface area contributed by atoms with Crippen LogP contribution in [0.2, 0.25) is 0 Å². The molecule has 2 aliphatic rings. The maximum atomic E-state index is 13.0. The van der Waals surface area contributed by atoms with Crippen LogP contribution in [0.5, 0.6) is 0 Å². The number of hydrogen-bond donors (Lipinski definition) is 3. The Kier molecular flexibility index (Phi) is 4.71. The first-order valence-electron chi connectivity index (χ1n) is 8.45. The maximum absolute atomic E-state index is 13.0. The second-order valence-electron chi connectivity index (χ2n) is 6.79. The molecule has 23 heavy (non-hydrogen) atoms. The highest BCUT2D eigenvalue weighted by atomic mass is 16.3. The summed E-state index contributed by atoms with van der Waals surface area (Å²) in [5.74, 6) is 0.102. The molecule has 3 rings (SSSR count). The van der Waals surface area contributed by atoms with E-state index >= 15 is 0 Å². The molecule has 0 bridgehead atoms. The Balaban J connectivity index is 1.93. The number of piperazine rings is 1. The first-order valence-corrected chi connectivity index (χ1v) is 8.45. The number of fused-ring (bicyclic) bond motifs is 1. The monoisotopic (exact) mass is 318 g/mol. The van der Waals surface area contributed by atoms with Gasteiger partial charge in [0.15, 0.2) is 0 Å². The van der Waals surface area contributed by atoms with Crippen molar-refractivity contribution >= 4 is 5.91 Å². The first kappa shape index (κ1) is 16.4. The lowest BCUT2D eigenvalue weighted by Crippen LogP contribution is -2.51. The van der Waals surface area contributed by atoms with Crippen LogP contribution in [0.4, 0.5) is 0 Å². The molecule has 2 fully saturated rings. The van der Waals surface area contributed by atoms with Gasteiger partial charge >= 0.3 is 0 Å². The Morgan fingerprint density at radius 1 is 1.26 bits per heavy atom. The molecule has 0 radical (unpaired) electrons. The van der Waals surface area contributed by atoms with E-state index in [-0.39, 0.29) is 31.2 Å². The molecule has 126 valence electrons. The van der Waals surface area contributed by atoms with Crippen molar-refractivity contribution in [3.63, 3.8) is 0 Å². The van der Waals surface area contributed by atoms with Gasteiger partial charge in [-0.3, -0.25) is 4.79 Å². The summed E-state index contributed by atoms with van der Waals surface area (Å²) in [7, 11) is 0. The predicted octanol–water partition coefficient (Wildman–Crippen LogP) is 0.991. The minimum atomic E-state index is -0.610. The number of rotatable bonds is 5. The summed E-state index contributed by atoms with van der Waals surface area (Å²) in [5.41, 5.74) is 1.85. The van der Waals surface area contributed by atoms with Crippen LogP contribution in [-0.2, 0) is 4.79 Å². The molecular weight excluding hydrogens is 292 g/mol. The van der Waals surface area contributed by atoms with Crippen LogP contribution in [-0.4, -0.2) is 53.4 Å². The van der Waals surface area contributed by atoms with Gasteiger partial charge in [0.25, 0.3) is 0 Å². The molecule has 2 aliphatic heterocycles. The van der Waals surface area contributed by atoms with Gasteiger partial charge in [-0.05, 0) is 37.3 Å². The minimum Gasteiger partial charge on any atom is -0.396 e. The second-order valence-corrected chi connectivity index (χ2v) is 6.79. The van der Waals surface area contributed by atoms with Gasteiger partial charge in [-0.1, -0.05) is 24.3 Å². The van der Waals surface area contributed by atoms with Gasteiger partial charge in [-0.15, -0.1) is 0 Å². The standard InChI is InChI=1S/C18H26N2O3/c1-13-4-2-3-5-14(13)16-15-12-18(6-10-21,7-11-22)17(23)20(15)9-8-19-16/h2-5,15-16,19,21-22H,6-12H2,1H3/t15-,16-/m0/s1. The Morgan fingerprint density at radius 2 is 1.96 bits per heavy atom. The summed E-state index contributed by atoms with van der Waals surface area (Å²) in [4.78, 5) is 15.0. The summed E-state index contributed by atoms with van der Waals surface area (Å²) in [6.45, 7) is 3.53. The Morgan fingerprint density at radius 3 is 2.61 bits per heavy atom. The highest BCUT2D eigenvalue weighted by molar-refractivity contribution is 5.86. The van der Waals surface area contributed by atoms with Crippen LogP contribution in [0, 0.1) is 12.3 Å². The van der Waals surface area contributed by atoms with Crippen molar-refractivity contribution in [2.45, 2.75) is 38.3 Å². The summed E-state index contributed by atoms with van der Waals surface area (Å²) < 4.78 is 0. The summed E-state index contributed by atoms with van der Waals surface area (Å²) in [6, 6.07) is 8.50. The molecule has 2 heterocycles. The highest BCUT2D eigenvalue weighted by Crippen LogP contribution is 2.46. The van der Waals surface area contributed by atoms with Gasteiger partial charge in [0.1, 0.15) is 0 Å². The fourth-order valence-corrected chi connectivity index (χ4v) is 4.32. The van der Waals surface area contributed by atoms with E-state index in [1.807, 2.05) is 17.0 Å². The van der Waals surface area contributed by atoms with Gasteiger partial charge in [0.2, 0.25) is 5.91 Å². The van der Waals surface area contributed by atoms with Crippen LogP contribution < -0.4 is 5.32 Å². The van der Waals surface area contributed by atoms with Gasteiger partial charge in [-0.25, -0.2) is 0 Å². The van der Waals surface area contributed by atoms with E-state index in [1.165, 1.54) is 11.1 Å². The van der Waals surface area contributed by atoms with E-state index in [0.717, 1.165) is 6.54 Å². The third-order valence-corrected chi connectivity index (χ3v) is 5.52. The zero-order valence-electron chi connectivity index (χ0n) is 13.7. The quantitative estimate of drug-likeness (QED) is 0.757. The average Bonchev–Trinajstić information content (AvgIpc) is 2.82. The normalized spacial score (nSPS) is 26.4. The van der Waals surface area contributed by atoms with Gasteiger partial charge in [0.05, 0.1) is 17.5 Å². The second kappa shape index (κ2) is 6.59. The number of carbonyl (C=O) groups is 1. The van der Waals surface area contributed by atoms with E-state index in [9.17, 15) is 15.0 Å². The Hall–Kier alpha value is -1.43. The number of hydrogen-bond acceptors (Lipinski definition) is 4. The van der Waals surface area contributed by atoms with Crippen molar-refractivity contribution in [2.75, 3.05) is 26.3 Å². The molecule has 1 aromatic rings. The average molecular weight is 318 g/mol. The van der Waals surface area contributed by atoms with Gasteiger partial charge in [-0.2, -0.15) is 0 Å². The lowest BCUT2D eigenvalue weighted by molar-refractivity contribution is -0.139. The zero-order chi connectivity index (χ0) is 16.4. The van der Waals surface area contributed by atoms with E-state index in [4.69, 9.17) is 0 Å². The largest absolute Gasteiger partial charge is 0.396 e. The van der Waals surface area contributed by atoms with Crippen molar-refractivity contribution in [3.05, 3.63) is 35.4 Å². The molecule has 5 heteroatoms. The summed E-state index contributed by atoms with van der Waals surface area (Å²) in [6.07, 6.45) is 1.55. The van der Waals surface area contributed by atoms with Crippen LogP contribution in [0.3, 0.4) is 0 Å². The van der Waals surface area contributed by atoms with Crippen molar-refractivity contribution < 1.29 is 15.0 Å². The number of aliphatic hydroxyl groups excluding tert-OH is 2. The minimum absolute atomic E-state index is 0.0191. The van der Waals surface area contributed by atoms with Crippen molar-refractivity contribution in [3.8, 4) is 0 Å². The van der Waals surface area contributed by atoms with E-state index in [1.54, 1.807) is 0 Å². The molecule has 0 unspecified atom stereocenters. The molecular formula is C18H26N2O3. The highest BCUT2D eigenvalue weighted by Gasteiger charge is 2.53. The van der Waals surface area contributed by atoms with Crippen LogP contribution >= 0.6 is 0 Å². The molecule has 5 nitrogen and oxygen atoms in total. The Bertz CT molecular complexity index is 569. The summed E-state index contributed by atoms with van der Waals surface area (Å²) in [5, 5.41) is 22.4. The molecule has 2 atom stereocenters. The van der Waals surface area contributed by atoms with Gasteiger partial charge in [0, 0.05) is 26.3 Å². The zero-order valence-corrected chi connectivity index (χ0v) is 13.7. The van der Waals surface area contributed by atoms with Crippen LogP contribution in [0.25, 0.3) is 0 Å². The van der Waals surface area contributed by atoms with Crippen LogP contribution in [0.15, 0.2) is 24.3 Å². The topological polar surface area (TPSA) is 72.8 Å². The van der Waals surface area contributed by atoms with Crippen molar-refractivity contribution in [2.24, 2.45) is 5.41 Å². The fraction of sp³-hybridized carbons (Fsp3) is 0.611. The molecule has 3 N–H and O–H groups in total. The lowest BCUT2D eigenvalue weighted by atomic mass is 9.77. The number of amides is 1. The molecule has 0 saturated carbocycles. The SMILES string of the molecule is Cc1ccccc1[C@@H]1NCCN2C(=O)C(CCO)(CCO)C[C@@H]12. The number of aryl methyl sites for hydroxylation is 1. The van der Waals surface area contributed by atoms with Gasteiger partial charge < -0.3 is 20.4 Å². The smallest absolute Gasteiger partial charge is 0.229 e. The third kappa shape index (κ3) is 2.77. The fourth-order valence-electron chi connectivity index (χ4n) is 4.32. The number of nitrogens with one attached hydrogen (secondary N) is 1. The molecule has 1 amide bonds. The molecule has 0 aliphatic carbocycles. The van der Waals surface area contributed by atoms with Crippen molar-refractivity contribution in [1.29, 1.82) is 0 Å². The predicted molar refractivity (Wildman–Crippen MR) is 87.9 cm³/mol. The number of aliphatic hydroxyl groups is 2. The molecule has 1 aromatic carbocycles. The van der Waals surface area contributed by atoms with Crippen LogP contribution in [0.1, 0.15) is 36.4 Å². The summed E-state index contributed by atoms with van der Waals surface area (Å²) >= 11 is 0. The number of carbonyl (C=O) groups excluding carboxylic acids is 1. The molecule has 0 aromatic heterocycles. The third-order valence-electron chi connectivity index (χ3n) is 5.52. The first-order chi connectivity index (χ1) is 11.1. The maximum Gasteiger partial charge on any atom is 0.229 e. The Labute approximate surface area is 137 Å².